The molecule has 1 saturated heterocycles. The monoisotopic (exact) mass is 419 g/mol. The van der Waals surface area contributed by atoms with E-state index in [9.17, 15) is 14.4 Å². The van der Waals surface area contributed by atoms with Gasteiger partial charge in [-0.15, -0.1) is 0 Å². The molecule has 0 unspecified atom stereocenters. The molecule has 2 rings (SSSR count). The van der Waals surface area contributed by atoms with Gasteiger partial charge in [-0.2, -0.15) is 0 Å². The number of carbonyl (C=O) groups excluding carboxylic acids is 3. The van der Waals surface area contributed by atoms with E-state index < -0.39 is 34.6 Å². The van der Waals surface area contributed by atoms with E-state index in [1.807, 2.05) is 30.3 Å². The van der Waals surface area contributed by atoms with Gasteiger partial charge < -0.3 is 19.1 Å². The molecule has 0 aliphatic carbocycles. The highest BCUT2D eigenvalue weighted by Crippen LogP contribution is 2.37. The van der Waals surface area contributed by atoms with Crippen molar-refractivity contribution in [1.82, 2.24) is 4.90 Å². The number of piperidine rings is 1. The van der Waals surface area contributed by atoms with E-state index in [-0.39, 0.29) is 32.5 Å². The third kappa shape index (κ3) is 6.47. The highest BCUT2D eigenvalue weighted by molar-refractivity contribution is 6.00. The minimum Gasteiger partial charge on any atom is -0.459 e. The highest BCUT2D eigenvalue weighted by Gasteiger charge is 2.53. The molecule has 1 aliphatic heterocycles. The summed E-state index contributed by atoms with van der Waals surface area (Å²) in [4.78, 5) is 39.9. The van der Waals surface area contributed by atoms with E-state index in [0.29, 0.717) is 0 Å². The number of nitrogens with zero attached hydrogens (tertiary/aromatic N) is 1. The average Bonchev–Trinajstić information content (AvgIpc) is 2.64. The topological polar surface area (TPSA) is 82.1 Å². The van der Waals surface area contributed by atoms with E-state index in [0.717, 1.165) is 5.56 Å². The van der Waals surface area contributed by atoms with E-state index in [1.165, 1.54) is 4.90 Å². The van der Waals surface area contributed by atoms with Crippen LogP contribution in [0.1, 0.15) is 59.9 Å². The molecule has 1 aromatic carbocycles. The van der Waals surface area contributed by atoms with Gasteiger partial charge in [-0.1, -0.05) is 30.3 Å². The van der Waals surface area contributed by atoms with Crippen molar-refractivity contribution < 1.29 is 28.6 Å². The van der Waals surface area contributed by atoms with Gasteiger partial charge in [0.15, 0.2) is 5.41 Å². The highest BCUT2D eigenvalue weighted by atomic mass is 16.6. The molecule has 0 bridgehead atoms. The zero-order valence-electron chi connectivity index (χ0n) is 18.8. The normalized spacial score (nSPS) is 16.5. The molecule has 0 saturated carbocycles. The van der Waals surface area contributed by atoms with Crippen LogP contribution in [-0.4, -0.2) is 47.2 Å². The second-order valence-electron chi connectivity index (χ2n) is 9.61. The Kier molecular flexibility index (Phi) is 7.16. The molecular formula is C23H33NO6. The predicted octanol–water partition coefficient (Wildman–Crippen LogP) is 4.09. The zero-order chi connectivity index (χ0) is 22.6. The van der Waals surface area contributed by atoms with E-state index in [4.69, 9.17) is 14.2 Å². The first-order chi connectivity index (χ1) is 13.8. The van der Waals surface area contributed by atoms with Gasteiger partial charge in [0.25, 0.3) is 0 Å². The van der Waals surface area contributed by atoms with Crippen LogP contribution in [0.15, 0.2) is 30.3 Å². The number of ether oxygens (including phenoxy) is 3. The Morgan fingerprint density at radius 1 is 0.867 bits per heavy atom. The van der Waals surface area contributed by atoms with Crippen LogP contribution in [0.3, 0.4) is 0 Å². The molecule has 1 aliphatic rings. The van der Waals surface area contributed by atoms with Crippen LogP contribution >= 0.6 is 0 Å². The molecule has 166 valence electrons. The quantitative estimate of drug-likeness (QED) is 0.415. The van der Waals surface area contributed by atoms with Gasteiger partial charge in [-0.25, -0.2) is 4.79 Å². The Labute approximate surface area is 178 Å². The molecule has 1 fully saturated rings. The van der Waals surface area contributed by atoms with Gasteiger partial charge in [-0.3, -0.25) is 9.59 Å². The van der Waals surface area contributed by atoms with Gasteiger partial charge in [0.05, 0.1) is 0 Å². The van der Waals surface area contributed by atoms with Crippen molar-refractivity contribution in [3.63, 3.8) is 0 Å². The van der Waals surface area contributed by atoms with Crippen molar-refractivity contribution in [1.29, 1.82) is 0 Å². The third-order valence-electron chi connectivity index (χ3n) is 4.66. The minimum atomic E-state index is -1.43. The molecular weight excluding hydrogens is 386 g/mol. The van der Waals surface area contributed by atoms with E-state index >= 15 is 0 Å². The van der Waals surface area contributed by atoms with Crippen LogP contribution in [0.4, 0.5) is 4.79 Å². The molecule has 0 N–H and O–H groups in total. The Morgan fingerprint density at radius 2 is 1.33 bits per heavy atom. The largest absolute Gasteiger partial charge is 0.459 e. The fraction of sp³-hybridized carbons (Fsp3) is 0.609. The molecule has 30 heavy (non-hydrogen) atoms. The Bertz CT molecular complexity index is 722. The third-order valence-corrected chi connectivity index (χ3v) is 4.66. The van der Waals surface area contributed by atoms with E-state index in [2.05, 4.69) is 0 Å². The molecule has 1 amide bonds. The van der Waals surface area contributed by atoms with Crippen LogP contribution in [0.5, 0.6) is 0 Å². The van der Waals surface area contributed by atoms with Crippen LogP contribution < -0.4 is 0 Å². The van der Waals surface area contributed by atoms with E-state index in [1.54, 1.807) is 41.5 Å². The maximum Gasteiger partial charge on any atom is 0.410 e. The molecule has 0 spiro atoms. The second-order valence-corrected chi connectivity index (χ2v) is 9.61. The lowest BCUT2D eigenvalue weighted by atomic mass is 9.78. The van der Waals surface area contributed by atoms with Gasteiger partial charge in [0.1, 0.15) is 17.8 Å². The van der Waals surface area contributed by atoms with Crippen molar-refractivity contribution in [3.05, 3.63) is 35.9 Å². The van der Waals surface area contributed by atoms with Crippen LogP contribution in [0, 0.1) is 5.41 Å². The standard InChI is InChI=1S/C23H33NO6/c1-21(2,3)29-18(25)23(19(26)30-22(4,5)6)12-14-24(15-13-23)20(27)28-16-17-10-8-7-9-11-17/h7-11H,12-16H2,1-6H3. The van der Waals surface area contributed by atoms with Crippen molar-refractivity contribution >= 4 is 18.0 Å². The Hall–Kier alpha value is -2.57. The maximum absolute atomic E-state index is 13.0. The molecule has 7 nitrogen and oxygen atoms in total. The van der Waals surface area contributed by atoms with Crippen molar-refractivity contribution in [2.24, 2.45) is 5.41 Å². The van der Waals surface area contributed by atoms with Crippen LogP contribution in [0.2, 0.25) is 0 Å². The summed E-state index contributed by atoms with van der Waals surface area (Å²) in [6.45, 7) is 11.1. The lowest BCUT2D eigenvalue weighted by Crippen LogP contribution is -2.53. The number of esters is 2. The van der Waals surface area contributed by atoms with Gasteiger partial charge in [-0.05, 0) is 59.9 Å². The summed E-state index contributed by atoms with van der Waals surface area (Å²) >= 11 is 0. The fourth-order valence-electron chi connectivity index (χ4n) is 3.12. The molecule has 7 heteroatoms. The molecule has 1 aromatic rings. The summed E-state index contributed by atoms with van der Waals surface area (Å²) < 4.78 is 16.5. The lowest BCUT2D eigenvalue weighted by molar-refractivity contribution is -0.189. The average molecular weight is 420 g/mol. The Balaban J connectivity index is 2.08. The zero-order valence-corrected chi connectivity index (χ0v) is 18.8. The second kappa shape index (κ2) is 9.06. The number of carbonyl (C=O) groups is 3. The molecule has 0 radical (unpaired) electrons. The van der Waals surface area contributed by atoms with Crippen LogP contribution in [-0.2, 0) is 30.4 Å². The van der Waals surface area contributed by atoms with Crippen molar-refractivity contribution in [2.45, 2.75) is 72.2 Å². The van der Waals surface area contributed by atoms with Crippen molar-refractivity contribution in [2.75, 3.05) is 13.1 Å². The number of amides is 1. The Morgan fingerprint density at radius 3 is 1.77 bits per heavy atom. The summed E-state index contributed by atoms with van der Waals surface area (Å²) in [5, 5.41) is 0. The first-order valence-electron chi connectivity index (χ1n) is 10.2. The van der Waals surface area contributed by atoms with Crippen molar-refractivity contribution in [3.8, 4) is 0 Å². The van der Waals surface area contributed by atoms with Crippen LogP contribution in [0.25, 0.3) is 0 Å². The summed E-state index contributed by atoms with van der Waals surface area (Å²) in [5.41, 5.74) is -2.02. The van der Waals surface area contributed by atoms with Gasteiger partial charge in [0, 0.05) is 13.1 Å². The molecule has 1 heterocycles. The summed E-state index contributed by atoms with van der Waals surface area (Å²) in [6, 6.07) is 9.39. The maximum atomic E-state index is 13.0. The smallest absolute Gasteiger partial charge is 0.410 e. The number of hydrogen-bond acceptors (Lipinski definition) is 6. The first-order valence-corrected chi connectivity index (χ1v) is 10.2. The number of likely N-dealkylation sites (tertiary alicyclic amines) is 1. The first kappa shape index (κ1) is 23.7. The molecule has 0 aromatic heterocycles. The number of benzene rings is 1. The predicted molar refractivity (Wildman–Crippen MR) is 112 cm³/mol. The fourth-order valence-corrected chi connectivity index (χ4v) is 3.12. The number of rotatable bonds is 4. The van der Waals surface area contributed by atoms with Gasteiger partial charge >= 0.3 is 18.0 Å². The minimum absolute atomic E-state index is 0.122. The van der Waals surface area contributed by atoms with Gasteiger partial charge in [0.2, 0.25) is 0 Å². The summed E-state index contributed by atoms with van der Waals surface area (Å²) in [6.07, 6.45) is -0.227. The molecule has 0 atom stereocenters. The summed E-state index contributed by atoms with van der Waals surface area (Å²) in [7, 11) is 0. The SMILES string of the molecule is CC(C)(C)OC(=O)C1(C(=O)OC(C)(C)C)CCN(C(=O)OCc2ccccc2)CC1. The lowest BCUT2D eigenvalue weighted by Gasteiger charge is -2.40. The number of hydrogen-bond donors (Lipinski definition) is 0. The summed E-state index contributed by atoms with van der Waals surface area (Å²) in [5.74, 6) is -1.22.